The number of ether oxygens (including phenoxy) is 1. The van der Waals surface area contributed by atoms with Gasteiger partial charge in [-0.05, 0) is 39.7 Å². The molecule has 2 N–H and O–H groups in total. The summed E-state index contributed by atoms with van der Waals surface area (Å²) < 4.78 is 5.37. The van der Waals surface area contributed by atoms with Gasteiger partial charge >= 0.3 is 5.97 Å². The Balaban J connectivity index is 2.15. The number of rotatable bonds is 8. The van der Waals surface area contributed by atoms with Gasteiger partial charge in [0.25, 0.3) is 0 Å². The van der Waals surface area contributed by atoms with E-state index in [4.69, 9.17) is 9.84 Å². The molecule has 0 bridgehead atoms. The zero-order valence-electron chi connectivity index (χ0n) is 11.7. The first kappa shape index (κ1) is 15.9. The molecule has 0 aromatic rings. The maximum atomic E-state index is 11.7. The van der Waals surface area contributed by atoms with Gasteiger partial charge in [0.2, 0.25) is 5.91 Å². The van der Waals surface area contributed by atoms with Crippen LogP contribution >= 0.6 is 0 Å². The molecule has 1 aliphatic heterocycles. The van der Waals surface area contributed by atoms with Gasteiger partial charge in [-0.3, -0.25) is 14.5 Å². The average molecular weight is 272 g/mol. The van der Waals surface area contributed by atoms with Gasteiger partial charge in [-0.2, -0.15) is 0 Å². The van der Waals surface area contributed by atoms with Gasteiger partial charge < -0.3 is 15.2 Å². The van der Waals surface area contributed by atoms with Crippen molar-refractivity contribution in [2.45, 2.75) is 45.3 Å². The Morgan fingerprint density at radius 3 is 2.84 bits per heavy atom. The van der Waals surface area contributed by atoms with E-state index in [1.165, 1.54) is 0 Å². The fourth-order valence-corrected chi connectivity index (χ4v) is 2.15. The second kappa shape index (κ2) is 8.12. The van der Waals surface area contributed by atoms with Crippen molar-refractivity contribution < 1.29 is 19.4 Å². The predicted octanol–water partition coefficient (Wildman–Crippen LogP) is 0.467. The number of carbonyl (C=O) groups is 2. The minimum absolute atomic E-state index is 0.113. The topological polar surface area (TPSA) is 78.9 Å². The molecule has 1 fully saturated rings. The van der Waals surface area contributed by atoms with E-state index in [9.17, 15) is 9.59 Å². The first-order valence-corrected chi connectivity index (χ1v) is 6.86. The Labute approximate surface area is 114 Å². The van der Waals surface area contributed by atoms with Crippen LogP contribution in [0.15, 0.2) is 0 Å². The lowest BCUT2D eigenvalue weighted by Gasteiger charge is -2.20. The SMILES string of the molecule is CC(C)OCCCNC(=O)CN1CCCC1C(=O)O. The fourth-order valence-electron chi connectivity index (χ4n) is 2.15. The van der Waals surface area contributed by atoms with Crippen molar-refractivity contribution in [3.8, 4) is 0 Å². The van der Waals surface area contributed by atoms with E-state index in [1.807, 2.05) is 13.8 Å². The summed E-state index contributed by atoms with van der Waals surface area (Å²) in [6.45, 7) is 5.98. The predicted molar refractivity (Wildman–Crippen MR) is 70.9 cm³/mol. The van der Waals surface area contributed by atoms with Crippen LogP contribution in [0, 0.1) is 0 Å². The first-order valence-electron chi connectivity index (χ1n) is 6.86. The number of amides is 1. The van der Waals surface area contributed by atoms with Crippen molar-refractivity contribution in [3.05, 3.63) is 0 Å². The highest BCUT2D eigenvalue weighted by molar-refractivity contribution is 5.80. The summed E-state index contributed by atoms with van der Waals surface area (Å²) in [5.41, 5.74) is 0. The lowest BCUT2D eigenvalue weighted by molar-refractivity contribution is -0.142. The summed E-state index contributed by atoms with van der Waals surface area (Å²) in [6.07, 6.45) is 2.44. The molecule has 0 aromatic heterocycles. The number of carbonyl (C=O) groups excluding carboxylic acids is 1. The van der Waals surface area contributed by atoms with Crippen LogP contribution in [0.2, 0.25) is 0 Å². The quantitative estimate of drug-likeness (QED) is 0.628. The van der Waals surface area contributed by atoms with E-state index >= 15 is 0 Å². The molecule has 1 atom stereocenters. The fraction of sp³-hybridized carbons (Fsp3) is 0.846. The molecule has 19 heavy (non-hydrogen) atoms. The second-order valence-electron chi connectivity index (χ2n) is 5.09. The van der Waals surface area contributed by atoms with Gasteiger partial charge in [0.15, 0.2) is 0 Å². The van der Waals surface area contributed by atoms with Gasteiger partial charge in [-0.15, -0.1) is 0 Å². The lowest BCUT2D eigenvalue weighted by atomic mass is 10.2. The van der Waals surface area contributed by atoms with Gasteiger partial charge in [0, 0.05) is 13.2 Å². The molecule has 0 spiro atoms. The highest BCUT2D eigenvalue weighted by Gasteiger charge is 2.31. The van der Waals surface area contributed by atoms with Crippen molar-refractivity contribution in [1.82, 2.24) is 10.2 Å². The summed E-state index contributed by atoms with van der Waals surface area (Å²) in [4.78, 5) is 24.4. The normalized spacial score (nSPS) is 19.8. The Hall–Kier alpha value is -1.14. The number of nitrogens with zero attached hydrogens (tertiary/aromatic N) is 1. The van der Waals surface area contributed by atoms with E-state index < -0.39 is 12.0 Å². The van der Waals surface area contributed by atoms with Crippen LogP contribution in [-0.4, -0.2) is 60.3 Å². The first-order chi connectivity index (χ1) is 9.00. The zero-order chi connectivity index (χ0) is 14.3. The molecule has 1 aliphatic rings. The number of hydrogen-bond acceptors (Lipinski definition) is 4. The summed E-state index contributed by atoms with van der Waals surface area (Å²) in [7, 11) is 0. The molecule has 0 aromatic carbocycles. The van der Waals surface area contributed by atoms with Crippen LogP contribution in [0.1, 0.15) is 33.1 Å². The molecule has 0 aliphatic carbocycles. The maximum Gasteiger partial charge on any atom is 0.320 e. The van der Waals surface area contributed by atoms with Crippen molar-refractivity contribution in [1.29, 1.82) is 0 Å². The Morgan fingerprint density at radius 2 is 2.21 bits per heavy atom. The average Bonchev–Trinajstić information content (AvgIpc) is 2.76. The van der Waals surface area contributed by atoms with Crippen molar-refractivity contribution in [3.63, 3.8) is 0 Å². The Morgan fingerprint density at radius 1 is 1.47 bits per heavy atom. The van der Waals surface area contributed by atoms with E-state index in [0.717, 1.165) is 12.8 Å². The third kappa shape index (κ3) is 6.02. The van der Waals surface area contributed by atoms with Gasteiger partial charge in [-0.25, -0.2) is 0 Å². The number of carboxylic acid groups (broad SMARTS) is 1. The van der Waals surface area contributed by atoms with E-state index in [-0.39, 0.29) is 18.6 Å². The summed E-state index contributed by atoms with van der Waals surface area (Å²) in [5, 5.41) is 11.8. The maximum absolute atomic E-state index is 11.7. The van der Waals surface area contributed by atoms with Crippen molar-refractivity contribution in [2.75, 3.05) is 26.2 Å². The molecule has 0 radical (unpaired) electrons. The van der Waals surface area contributed by atoms with Crippen LogP contribution < -0.4 is 5.32 Å². The number of carboxylic acids is 1. The smallest absolute Gasteiger partial charge is 0.320 e. The molecule has 1 unspecified atom stereocenters. The monoisotopic (exact) mass is 272 g/mol. The molecule has 1 saturated heterocycles. The Kier molecular flexibility index (Phi) is 6.80. The largest absolute Gasteiger partial charge is 0.480 e. The molecule has 6 heteroatoms. The number of likely N-dealkylation sites (tertiary alicyclic amines) is 1. The second-order valence-corrected chi connectivity index (χ2v) is 5.09. The van der Waals surface area contributed by atoms with Crippen LogP contribution in [0.25, 0.3) is 0 Å². The van der Waals surface area contributed by atoms with Gasteiger partial charge in [0.05, 0.1) is 12.6 Å². The van der Waals surface area contributed by atoms with E-state index in [0.29, 0.717) is 26.1 Å². The highest BCUT2D eigenvalue weighted by Crippen LogP contribution is 2.16. The summed E-state index contributed by atoms with van der Waals surface area (Å²) >= 11 is 0. The zero-order valence-corrected chi connectivity index (χ0v) is 11.7. The summed E-state index contributed by atoms with van der Waals surface area (Å²) in [6, 6.07) is -0.505. The minimum Gasteiger partial charge on any atom is -0.480 e. The standard InChI is InChI=1S/C13H24N2O4/c1-10(2)19-8-4-6-14-12(16)9-15-7-3-5-11(15)13(17)18/h10-11H,3-9H2,1-2H3,(H,14,16)(H,17,18). The van der Waals surface area contributed by atoms with Gasteiger partial charge in [-0.1, -0.05) is 0 Å². The van der Waals surface area contributed by atoms with Crippen LogP contribution in [0.4, 0.5) is 0 Å². The summed E-state index contributed by atoms with van der Waals surface area (Å²) in [5.74, 6) is -0.951. The van der Waals surface area contributed by atoms with Crippen molar-refractivity contribution in [2.24, 2.45) is 0 Å². The number of nitrogens with one attached hydrogen (secondary N) is 1. The third-order valence-electron chi connectivity index (χ3n) is 3.09. The third-order valence-corrected chi connectivity index (χ3v) is 3.09. The molecule has 0 saturated carbocycles. The molecule has 1 rings (SSSR count). The molecular formula is C13H24N2O4. The van der Waals surface area contributed by atoms with Crippen LogP contribution in [-0.2, 0) is 14.3 Å². The number of aliphatic carboxylic acids is 1. The van der Waals surface area contributed by atoms with E-state index in [1.54, 1.807) is 4.90 Å². The minimum atomic E-state index is -0.837. The molecule has 110 valence electrons. The molecule has 6 nitrogen and oxygen atoms in total. The number of hydrogen-bond donors (Lipinski definition) is 2. The van der Waals surface area contributed by atoms with Crippen LogP contribution in [0.5, 0.6) is 0 Å². The molecule has 1 amide bonds. The lowest BCUT2D eigenvalue weighted by Crippen LogP contribution is -2.43. The van der Waals surface area contributed by atoms with E-state index in [2.05, 4.69) is 5.32 Å². The highest BCUT2D eigenvalue weighted by atomic mass is 16.5. The van der Waals surface area contributed by atoms with Gasteiger partial charge in [0.1, 0.15) is 6.04 Å². The van der Waals surface area contributed by atoms with Crippen molar-refractivity contribution >= 4 is 11.9 Å². The molecule has 1 heterocycles. The molecular weight excluding hydrogens is 248 g/mol. The Bertz CT molecular complexity index is 307. The van der Waals surface area contributed by atoms with Crippen LogP contribution in [0.3, 0.4) is 0 Å².